The molecule has 0 spiro atoms. The van der Waals surface area contributed by atoms with Crippen molar-refractivity contribution in [3.63, 3.8) is 0 Å². The Labute approximate surface area is 100 Å². The summed E-state index contributed by atoms with van der Waals surface area (Å²) >= 11 is 5.89. The normalized spacial score (nSPS) is 12.4. The molecule has 1 aromatic carbocycles. The van der Waals surface area contributed by atoms with E-state index < -0.39 is 5.97 Å². The SMILES string of the molecule is CC(NCCCC(=O)O)c1cccc(Cl)c1. The van der Waals surface area contributed by atoms with Crippen LogP contribution in [0.25, 0.3) is 0 Å². The smallest absolute Gasteiger partial charge is 0.303 e. The van der Waals surface area contributed by atoms with Crippen LogP contribution in [0.15, 0.2) is 24.3 Å². The molecular weight excluding hydrogens is 226 g/mol. The Morgan fingerprint density at radius 2 is 2.31 bits per heavy atom. The Kier molecular flexibility index (Phi) is 5.29. The van der Waals surface area contributed by atoms with E-state index in [1.165, 1.54) is 0 Å². The van der Waals surface area contributed by atoms with Gasteiger partial charge in [0.05, 0.1) is 0 Å². The summed E-state index contributed by atoms with van der Waals surface area (Å²) in [6.07, 6.45) is 0.843. The Hall–Kier alpha value is -1.06. The van der Waals surface area contributed by atoms with E-state index in [-0.39, 0.29) is 12.5 Å². The van der Waals surface area contributed by atoms with Crippen LogP contribution in [0.1, 0.15) is 31.4 Å². The zero-order valence-corrected chi connectivity index (χ0v) is 10.00. The van der Waals surface area contributed by atoms with Crippen LogP contribution >= 0.6 is 11.6 Å². The Morgan fingerprint density at radius 1 is 1.56 bits per heavy atom. The largest absolute Gasteiger partial charge is 0.481 e. The third-order valence-electron chi connectivity index (χ3n) is 2.37. The van der Waals surface area contributed by atoms with Crippen molar-refractivity contribution in [3.05, 3.63) is 34.9 Å². The number of rotatable bonds is 6. The van der Waals surface area contributed by atoms with Gasteiger partial charge in [-0.1, -0.05) is 23.7 Å². The quantitative estimate of drug-likeness (QED) is 0.753. The Bertz CT molecular complexity index is 355. The van der Waals surface area contributed by atoms with Crippen LogP contribution in [0.5, 0.6) is 0 Å². The van der Waals surface area contributed by atoms with E-state index in [1.807, 2.05) is 31.2 Å². The molecule has 0 bridgehead atoms. The lowest BCUT2D eigenvalue weighted by molar-refractivity contribution is -0.137. The van der Waals surface area contributed by atoms with Gasteiger partial charge in [0, 0.05) is 17.5 Å². The summed E-state index contributed by atoms with van der Waals surface area (Å²) < 4.78 is 0. The fraction of sp³-hybridized carbons (Fsp3) is 0.417. The molecule has 0 heterocycles. The molecule has 0 saturated heterocycles. The molecule has 0 aliphatic rings. The lowest BCUT2D eigenvalue weighted by Gasteiger charge is -2.13. The lowest BCUT2D eigenvalue weighted by atomic mass is 10.1. The molecule has 1 unspecified atom stereocenters. The average molecular weight is 242 g/mol. The van der Waals surface area contributed by atoms with Crippen LogP contribution < -0.4 is 5.32 Å². The van der Waals surface area contributed by atoms with E-state index in [1.54, 1.807) is 0 Å². The van der Waals surface area contributed by atoms with Crippen molar-refractivity contribution < 1.29 is 9.90 Å². The summed E-state index contributed by atoms with van der Waals surface area (Å²) in [6, 6.07) is 7.85. The minimum absolute atomic E-state index is 0.187. The fourth-order valence-corrected chi connectivity index (χ4v) is 1.65. The number of halogens is 1. The van der Waals surface area contributed by atoms with Crippen LogP contribution in [0.4, 0.5) is 0 Å². The van der Waals surface area contributed by atoms with Gasteiger partial charge in [-0.05, 0) is 37.6 Å². The molecule has 0 aliphatic carbocycles. The molecule has 1 rings (SSSR count). The molecule has 4 heteroatoms. The number of carboxylic acids is 1. The molecule has 0 aromatic heterocycles. The van der Waals surface area contributed by atoms with Gasteiger partial charge in [0.1, 0.15) is 0 Å². The van der Waals surface area contributed by atoms with Gasteiger partial charge in [0.2, 0.25) is 0 Å². The van der Waals surface area contributed by atoms with Gasteiger partial charge < -0.3 is 10.4 Å². The molecule has 0 saturated carbocycles. The van der Waals surface area contributed by atoms with Gasteiger partial charge in [0.25, 0.3) is 0 Å². The highest BCUT2D eigenvalue weighted by Gasteiger charge is 2.05. The highest BCUT2D eigenvalue weighted by molar-refractivity contribution is 6.30. The first-order valence-corrected chi connectivity index (χ1v) is 5.68. The summed E-state index contributed by atoms with van der Waals surface area (Å²) in [5, 5.41) is 12.5. The van der Waals surface area contributed by atoms with Crippen LogP contribution in [0.2, 0.25) is 5.02 Å². The van der Waals surface area contributed by atoms with E-state index in [9.17, 15) is 4.79 Å². The number of hydrogen-bond acceptors (Lipinski definition) is 2. The van der Waals surface area contributed by atoms with Crippen molar-refractivity contribution in [2.75, 3.05) is 6.54 Å². The third-order valence-corrected chi connectivity index (χ3v) is 2.60. The van der Waals surface area contributed by atoms with Crippen molar-refractivity contribution in [3.8, 4) is 0 Å². The predicted octanol–water partition coefficient (Wildman–Crippen LogP) is 2.86. The van der Waals surface area contributed by atoms with Crippen LogP contribution in [0, 0.1) is 0 Å². The Balaban J connectivity index is 2.35. The molecular formula is C12H16ClNO2. The number of benzene rings is 1. The zero-order valence-electron chi connectivity index (χ0n) is 9.24. The van der Waals surface area contributed by atoms with Gasteiger partial charge >= 0.3 is 5.97 Å². The molecule has 1 atom stereocenters. The summed E-state index contributed by atoms with van der Waals surface area (Å²) in [6.45, 7) is 2.73. The van der Waals surface area contributed by atoms with E-state index >= 15 is 0 Å². The summed E-state index contributed by atoms with van der Waals surface area (Å²) in [5.41, 5.74) is 1.11. The second kappa shape index (κ2) is 6.51. The number of hydrogen-bond donors (Lipinski definition) is 2. The molecule has 3 nitrogen and oxygen atoms in total. The lowest BCUT2D eigenvalue weighted by Crippen LogP contribution is -2.20. The zero-order chi connectivity index (χ0) is 12.0. The first-order valence-electron chi connectivity index (χ1n) is 5.30. The van der Waals surface area contributed by atoms with E-state index in [4.69, 9.17) is 16.7 Å². The van der Waals surface area contributed by atoms with Gasteiger partial charge in [-0.2, -0.15) is 0 Å². The topological polar surface area (TPSA) is 49.3 Å². The first kappa shape index (κ1) is 13.0. The standard InChI is InChI=1S/C12H16ClNO2/c1-9(14-7-3-6-12(15)16)10-4-2-5-11(13)8-10/h2,4-5,8-9,14H,3,6-7H2,1H3,(H,15,16). The molecule has 88 valence electrons. The average Bonchev–Trinajstić information content (AvgIpc) is 2.24. The second-order valence-electron chi connectivity index (χ2n) is 3.73. The maximum absolute atomic E-state index is 10.3. The molecule has 0 amide bonds. The summed E-state index contributed by atoms with van der Waals surface area (Å²) in [4.78, 5) is 10.3. The van der Waals surface area contributed by atoms with Crippen molar-refractivity contribution in [2.24, 2.45) is 0 Å². The highest BCUT2D eigenvalue weighted by atomic mass is 35.5. The highest BCUT2D eigenvalue weighted by Crippen LogP contribution is 2.17. The molecule has 0 fully saturated rings. The van der Waals surface area contributed by atoms with Gasteiger partial charge in [0.15, 0.2) is 0 Å². The van der Waals surface area contributed by atoms with E-state index in [0.717, 1.165) is 10.6 Å². The monoisotopic (exact) mass is 241 g/mol. The molecule has 0 aliphatic heterocycles. The maximum Gasteiger partial charge on any atom is 0.303 e. The third kappa shape index (κ3) is 4.64. The van der Waals surface area contributed by atoms with Crippen molar-refractivity contribution in [1.82, 2.24) is 5.32 Å². The van der Waals surface area contributed by atoms with E-state index in [2.05, 4.69) is 5.32 Å². The van der Waals surface area contributed by atoms with E-state index in [0.29, 0.717) is 13.0 Å². The van der Waals surface area contributed by atoms with Gasteiger partial charge in [-0.25, -0.2) is 0 Å². The number of carboxylic acid groups (broad SMARTS) is 1. The minimum Gasteiger partial charge on any atom is -0.481 e. The number of carbonyl (C=O) groups is 1. The fourth-order valence-electron chi connectivity index (χ4n) is 1.45. The first-order chi connectivity index (χ1) is 7.59. The number of nitrogens with one attached hydrogen (secondary N) is 1. The van der Waals surface area contributed by atoms with Crippen molar-refractivity contribution in [1.29, 1.82) is 0 Å². The molecule has 16 heavy (non-hydrogen) atoms. The summed E-state index contributed by atoms with van der Waals surface area (Å²) in [7, 11) is 0. The second-order valence-corrected chi connectivity index (χ2v) is 4.16. The number of aliphatic carboxylic acids is 1. The van der Waals surface area contributed by atoms with Gasteiger partial charge in [-0.3, -0.25) is 4.79 Å². The van der Waals surface area contributed by atoms with Crippen molar-refractivity contribution >= 4 is 17.6 Å². The maximum atomic E-state index is 10.3. The minimum atomic E-state index is -0.753. The molecule has 2 N–H and O–H groups in total. The van der Waals surface area contributed by atoms with Crippen LogP contribution in [0.3, 0.4) is 0 Å². The van der Waals surface area contributed by atoms with Crippen LogP contribution in [-0.4, -0.2) is 17.6 Å². The summed E-state index contributed by atoms with van der Waals surface area (Å²) in [5.74, 6) is -0.753. The van der Waals surface area contributed by atoms with Crippen LogP contribution in [-0.2, 0) is 4.79 Å². The Morgan fingerprint density at radius 3 is 2.94 bits per heavy atom. The predicted molar refractivity (Wildman–Crippen MR) is 64.7 cm³/mol. The molecule has 0 radical (unpaired) electrons. The molecule has 1 aromatic rings. The van der Waals surface area contributed by atoms with Gasteiger partial charge in [-0.15, -0.1) is 0 Å². The van der Waals surface area contributed by atoms with Crippen molar-refractivity contribution in [2.45, 2.75) is 25.8 Å².